The summed E-state index contributed by atoms with van der Waals surface area (Å²) in [6.45, 7) is 4.23. The van der Waals surface area contributed by atoms with Crippen molar-refractivity contribution in [2.45, 2.75) is 44.4 Å². The molecule has 30 heavy (non-hydrogen) atoms. The molecule has 2 N–H and O–H groups in total. The Kier molecular flexibility index (Phi) is 5.08. The zero-order chi connectivity index (χ0) is 20.7. The lowest BCUT2D eigenvalue weighted by molar-refractivity contribution is -0.134. The van der Waals surface area contributed by atoms with Crippen molar-refractivity contribution in [3.63, 3.8) is 0 Å². The minimum absolute atomic E-state index is 0.0613. The molecule has 3 unspecified atom stereocenters. The molecule has 1 aromatic rings. The van der Waals surface area contributed by atoms with Gasteiger partial charge in [0, 0.05) is 37.2 Å². The van der Waals surface area contributed by atoms with Crippen LogP contribution < -0.4 is 10.6 Å². The third-order valence-electron chi connectivity index (χ3n) is 6.53. The van der Waals surface area contributed by atoms with Gasteiger partial charge in [-0.1, -0.05) is 12.1 Å². The Bertz CT molecular complexity index is 922. The molecule has 0 saturated carbocycles. The van der Waals surface area contributed by atoms with E-state index in [0.29, 0.717) is 6.54 Å². The Morgan fingerprint density at radius 1 is 1.20 bits per heavy atom. The van der Waals surface area contributed by atoms with Gasteiger partial charge in [0.05, 0.1) is 18.3 Å². The number of hydrogen-bond donors (Lipinski definition) is 2. The predicted molar refractivity (Wildman–Crippen MR) is 116 cm³/mol. The summed E-state index contributed by atoms with van der Waals surface area (Å²) in [6, 6.07) is 4.66. The van der Waals surface area contributed by atoms with Crippen LogP contribution in [0, 0.1) is 6.92 Å². The van der Waals surface area contributed by atoms with Gasteiger partial charge in [-0.05, 0) is 57.0 Å². The van der Waals surface area contributed by atoms with Crippen molar-refractivity contribution in [2.24, 2.45) is 0 Å². The summed E-state index contributed by atoms with van der Waals surface area (Å²) < 4.78 is 0. The number of pyridine rings is 1. The van der Waals surface area contributed by atoms with E-state index in [1.165, 1.54) is 11.3 Å². The molecule has 0 spiro atoms. The standard InChI is InChI=1S/C23H30N6O/c1-16-6-5-11-24-23(16)18-8-3-7-17(25-18)19-14-29-20(26-19)9-4-10-21(29)28-13-12-27(2)15-22(28)30/h4-6,9-11,14,17-18,20,25-26H,3,7-8,12-13,15H2,1-2H3. The number of carbonyl (C=O) groups is 1. The maximum absolute atomic E-state index is 12.6. The SMILES string of the molecule is Cc1cccnc1C1CCCC(C2=CN3C(N4CCN(C)CC4=O)=CC=CC3N2)N1. The van der Waals surface area contributed by atoms with Crippen molar-refractivity contribution >= 4 is 5.91 Å². The fourth-order valence-corrected chi connectivity index (χ4v) is 4.90. The molecule has 2 saturated heterocycles. The highest BCUT2D eigenvalue weighted by molar-refractivity contribution is 5.81. The number of hydrogen-bond acceptors (Lipinski definition) is 6. The minimum atomic E-state index is 0.0613. The number of rotatable bonds is 3. The highest BCUT2D eigenvalue weighted by Gasteiger charge is 2.36. The van der Waals surface area contributed by atoms with Crippen molar-refractivity contribution in [3.05, 3.63) is 65.5 Å². The molecule has 1 amide bonds. The fraction of sp³-hybridized carbons (Fsp3) is 0.478. The van der Waals surface area contributed by atoms with E-state index in [2.05, 4.69) is 62.8 Å². The number of nitrogens with one attached hydrogen (secondary N) is 2. The quantitative estimate of drug-likeness (QED) is 0.799. The Balaban J connectivity index is 1.34. The summed E-state index contributed by atoms with van der Waals surface area (Å²) >= 11 is 0. The molecule has 4 aliphatic rings. The Morgan fingerprint density at radius 2 is 2.07 bits per heavy atom. The van der Waals surface area contributed by atoms with Gasteiger partial charge in [0.15, 0.2) is 0 Å². The molecule has 158 valence electrons. The summed E-state index contributed by atoms with van der Waals surface area (Å²) in [6.07, 6.45) is 13.8. The number of allylic oxidation sites excluding steroid dienone is 2. The van der Waals surface area contributed by atoms with Crippen LogP contribution in [-0.2, 0) is 4.79 Å². The highest BCUT2D eigenvalue weighted by atomic mass is 16.2. The highest BCUT2D eigenvalue weighted by Crippen LogP contribution is 2.32. The summed E-state index contributed by atoms with van der Waals surface area (Å²) in [5, 5.41) is 7.49. The zero-order valence-electron chi connectivity index (χ0n) is 17.7. The summed E-state index contributed by atoms with van der Waals surface area (Å²) in [5.41, 5.74) is 3.59. The lowest BCUT2D eigenvalue weighted by atomic mass is 9.93. The molecule has 0 bridgehead atoms. The van der Waals surface area contributed by atoms with Crippen LogP contribution in [0.4, 0.5) is 0 Å². The van der Waals surface area contributed by atoms with Crippen molar-refractivity contribution < 1.29 is 4.79 Å². The first kappa shape index (κ1) is 19.3. The summed E-state index contributed by atoms with van der Waals surface area (Å²) in [7, 11) is 2.00. The van der Waals surface area contributed by atoms with Gasteiger partial charge in [-0.25, -0.2) is 0 Å². The predicted octanol–water partition coefficient (Wildman–Crippen LogP) is 1.83. The smallest absolute Gasteiger partial charge is 0.242 e. The molecule has 3 atom stereocenters. The van der Waals surface area contributed by atoms with Crippen LogP contribution >= 0.6 is 0 Å². The van der Waals surface area contributed by atoms with E-state index in [9.17, 15) is 4.79 Å². The maximum atomic E-state index is 12.6. The largest absolute Gasteiger partial charge is 0.363 e. The molecule has 0 aliphatic carbocycles. The monoisotopic (exact) mass is 406 g/mol. The van der Waals surface area contributed by atoms with Crippen LogP contribution in [0.25, 0.3) is 0 Å². The molecular formula is C23H30N6O. The third kappa shape index (κ3) is 3.52. The molecule has 5 heterocycles. The number of fused-ring (bicyclic) bond motifs is 1. The first-order valence-electron chi connectivity index (χ1n) is 10.9. The van der Waals surface area contributed by atoms with Crippen molar-refractivity contribution in [1.82, 2.24) is 30.3 Å². The average molecular weight is 407 g/mol. The normalized spacial score (nSPS) is 29.4. The van der Waals surface area contributed by atoms with Gasteiger partial charge in [0.2, 0.25) is 5.91 Å². The molecule has 7 heteroatoms. The second kappa shape index (κ2) is 7.89. The number of amides is 1. The Morgan fingerprint density at radius 3 is 2.90 bits per heavy atom. The van der Waals surface area contributed by atoms with Gasteiger partial charge in [-0.15, -0.1) is 0 Å². The number of aromatic nitrogens is 1. The first-order valence-corrected chi connectivity index (χ1v) is 10.9. The second-order valence-electron chi connectivity index (χ2n) is 8.68. The van der Waals surface area contributed by atoms with Gasteiger partial charge >= 0.3 is 0 Å². The number of aryl methyl sites for hydroxylation is 1. The molecule has 5 rings (SSSR count). The van der Waals surface area contributed by atoms with Crippen LogP contribution in [-0.4, -0.2) is 64.5 Å². The van der Waals surface area contributed by atoms with Gasteiger partial charge in [-0.2, -0.15) is 0 Å². The van der Waals surface area contributed by atoms with E-state index >= 15 is 0 Å². The van der Waals surface area contributed by atoms with Crippen LogP contribution in [0.5, 0.6) is 0 Å². The van der Waals surface area contributed by atoms with Gasteiger partial charge in [0.25, 0.3) is 0 Å². The Hall–Kier alpha value is -2.64. The minimum Gasteiger partial charge on any atom is -0.363 e. The zero-order valence-corrected chi connectivity index (χ0v) is 17.7. The van der Waals surface area contributed by atoms with E-state index < -0.39 is 0 Å². The van der Waals surface area contributed by atoms with E-state index in [1.807, 2.05) is 24.2 Å². The lowest BCUT2D eigenvalue weighted by Crippen LogP contribution is -2.52. The number of carbonyl (C=O) groups excluding carboxylic acids is 1. The molecular weight excluding hydrogens is 376 g/mol. The summed E-state index contributed by atoms with van der Waals surface area (Å²) in [4.78, 5) is 23.5. The third-order valence-corrected chi connectivity index (χ3v) is 6.53. The molecule has 0 aromatic carbocycles. The van der Waals surface area contributed by atoms with Crippen LogP contribution in [0.2, 0.25) is 0 Å². The molecule has 4 aliphatic heterocycles. The van der Waals surface area contributed by atoms with Crippen LogP contribution in [0.1, 0.15) is 36.6 Å². The van der Waals surface area contributed by atoms with Crippen LogP contribution in [0.15, 0.2) is 54.3 Å². The number of likely N-dealkylation sites (N-methyl/N-ethyl adjacent to an activating group) is 1. The lowest BCUT2D eigenvalue weighted by Gasteiger charge is -2.39. The maximum Gasteiger partial charge on any atom is 0.242 e. The molecule has 7 nitrogen and oxygen atoms in total. The number of piperazine rings is 1. The summed E-state index contributed by atoms with van der Waals surface area (Å²) in [5.74, 6) is 1.13. The van der Waals surface area contributed by atoms with Gasteiger partial charge in [0.1, 0.15) is 12.0 Å². The topological polar surface area (TPSA) is 63.7 Å². The van der Waals surface area contributed by atoms with Crippen molar-refractivity contribution in [1.29, 1.82) is 0 Å². The van der Waals surface area contributed by atoms with Gasteiger partial charge < -0.3 is 15.5 Å². The van der Waals surface area contributed by atoms with Gasteiger partial charge in [-0.3, -0.25) is 19.6 Å². The second-order valence-corrected chi connectivity index (χ2v) is 8.68. The van der Waals surface area contributed by atoms with E-state index in [1.54, 1.807) is 0 Å². The Labute approximate surface area is 178 Å². The van der Waals surface area contributed by atoms with E-state index in [0.717, 1.165) is 43.9 Å². The van der Waals surface area contributed by atoms with Crippen LogP contribution in [0.3, 0.4) is 0 Å². The average Bonchev–Trinajstić information content (AvgIpc) is 3.19. The number of piperidine rings is 1. The van der Waals surface area contributed by atoms with Crippen molar-refractivity contribution in [2.75, 3.05) is 26.7 Å². The molecule has 1 aromatic heterocycles. The fourth-order valence-electron chi connectivity index (χ4n) is 4.90. The van der Waals surface area contributed by atoms with E-state index in [-0.39, 0.29) is 24.2 Å². The molecule has 0 radical (unpaired) electrons. The number of nitrogens with zero attached hydrogens (tertiary/aromatic N) is 4. The first-order chi connectivity index (χ1) is 14.6. The van der Waals surface area contributed by atoms with E-state index in [4.69, 9.17) is 0 Å². The van der Waals surface area contributed by atoms with Crippen molar-refractivity contribution in [3.8, 4) is 0 Å². The molecule has 2 fully saturated rings.